The summed E-state index contributed by atoms with van der Waals surface area (Å²) in [7, 11) is -3.27. The third kappa shape index (κ3) is 1.60. The summed E-state index contributed by atoms with van der Waals surface area (Å²) in [6.45, 7) is 1.85. The molecule has 0 amide bonds. The fourth-order valence-corrected chi connectivity index (χ4v) is 3.49. The molecule has 2 rings (SSSR count). The largest absolute Gasteiger partial charge is 0.396 e. The maximum atomic E-state index is 11.7. The maximum absolute atomic E-state index is 11.7. The molecule has 1 aromatic rings. The molecule has 0 saturated carbocycles. The van der Waals surface area contributed by atoms with E-state index in [0.717, 1.165) is 11.1 Å². The van der Waals surface area contributed by atoms with Crippen LogP contribution < -0.4 is 0 Å². The SMILES string of the molecule is Cc1cccc2c1C(CCO)=CS2(=O)=O. The minimum Gasteiger partial charge on any atom is -0.396 e. The summed E-state index contributed by atoms with van der Waals surface area (Å²) in [4.78, 5) is 0.367. The highest BCUT2D eigenvalue weighted by molar-refractivity contribution is 7.95. The number of sulfone groups is 1. The summed E-state index contributed by atoms with van der Waals surface area (Å²) in [6.07, 6.45) is 0.386. The molecule has 15 heavy (non-hydrogen) atoms. The van der Waals surface area contributed by atoms with Crippen LogP contribution in [0.5, 0.6) is 0 Å². The first kappa shape index (κ1) is 10.4. The predicted octanol–water partition coefficient (Wildman–Crippen LogP) is 1.51. The van der Waals surface area contributed by atoms with Crippen LogP contribution in [-0.4, -0.2) is 20.1 Å². The summed E-state index contributed by atoms with van der Waals surface area (Å²) in [5.41, 5.74) is 2.42. The van der Waals surface area contributed by atoms with Gasteiger partial charge in [0.25, 0.3) is 0 Å². The molecule has 1 N–H and O–H groups in total. The Labute approximate surface area is 89.0 Å². The second kappa shape index (κ2) is 3.47. The molecule has 0 fully saturated rings. The third-order valence-corrected chi connectivity index (χ3v) is 4.09. The number of benzene rings is 1. The van der Waals surface area contributed by atoms with Crippen LogP contribution in [0.1, 0.15) is 17.5 Å². The van der Waals surface area contributed by atoms with Gasteiger partial charge in [0.2, 0.25) is 9.84 Å². The maximum Gasteiger partial charge on any atom is 0.200 e. The normalized spacial score (nSPS) is 17.3. The molecule has 1 aliphatic heterocycles. The number of aryl methyl sites for hydroxylation is 1. The Morgan fingerprint density at radius 1 is 1.33 bits per heavy atom. The molecule has 0 spiro atoms. The third-order valence-electron chi connectivity index (χ3n) is 2.54. The van der Waals surface area contributed by atoms with Crippen molar-refractivity contribution in [2.75, 3.05) is 6.61 Å². The number of rotatable bonds is 2. The zero-order valence-electron chi connectivity index (χ0n) is 8.40. The van der Waals surface area contributed by atoms with Gasteiger partial charge in [-0.25, -0.2) is 8.42 Å². The number of fused-ring (bicyclic) bond motifs is 1. The van der Waals surface area contributed by atoms with Crippen LogP contribution in [0.3, 0.4) is 0 Å². The topological polar surface area (TPSA) is 54.4 Å². The van der Waals surface area contributed by atoms with Crippen LogP contribution in [0.15, 0.2) is 28.5 Å². The second-order valence-corrected chi connectivity index (χ2v) is 5.38. The lowest BCUT2D eigenvalue weighted by Crippen LogP contribution is -1.94. The van der Waals surface area contributed by atoms with Crippen molar-refractivity contribution in [2.24, 2.45) is 0 Å². The average Bonchev–Trinajstić information content (AvgIpc) is 2.41. The van der Waals surface area contributed by atoms with Crippen molar-refractivity contribution in [3.8, 4) is 0 Å². The molecule has 0 radical (unpaired) electrons. The molecule has 0 saturated heterocycles. The Hall–Kier alpha value is -1.13. The van der Waals surface area contributed by atoms with Crippen LogP contribution in [0, 0.1) is 6.92 Å². The van der Waals surface area contributed by atoms with E-state index in [0.29, 0.717) is 16.9 Å². The van der Waals surface area contributed by atoms with Gasteiger partial charge in [0.15, 0.2) is 0 Å². The number of aliphatic hydroxyl groups excluding tert-OH is 1. The highest BCUT2D eigenvalue weighted by Gasteiger charge is 2.27. The van der Waals surface area contributed by atoms with Gasteiger partial charge in [-0.3, -0.25) is 0 Å². The van der Waals surface area contributed by atoms with Crippen LogP contribution in [0.25, 0.3) is 5.57 Å². The van der Waals surface area contributed by atoms with Crippen molar-refractivity contribution in [3.63, 3.8) is 0 Å². The highest BCUT2D eigenvalue weighted by Crippen LogP contribution is 2.36. The van der Waals surface area contributed by atoms with Gasteiger partial charge in [-0.15, -0.1) is 0 Å². The fourth-order valence-electron chi connectivity index (χ4n) is 1.90. The molecule has 4 heteroatoms. The minimum absolute atomic E-state index is 0.0326. The summed E-state index contributed by atoms with van der Waals surface area (Å²) in [6, 6.07) is 5.23. The number of hydrogen-bond donors (Lipinski definition) is 1. The molecule has 80 valence electrons. The Morgan fingerprint density at radius 2 is 2.07 bits per heavy atom. The Balaban J connectivity index is 2.69. The van der Waals surface area contributed by atoms with E-state index >= 15 is 0 Å². The van der Waals surface area contributed by atoms with Crippen LogP contribution in [-0.2, 0) is 9.84 Å². The first-order valence-corrected chi connectivity index (χ1v) is 6.27. The van der Waals surface area contributed by atoms with Crippen molar-refractivity contribution >= 4 is 15.4 Å². The molecule has 0 aliphatic carbocycles. The first-order valence-electron chi connectivity index (χ1n) is 4.73. The van der Waals surface area contributed by atoms with Crippen LogP contribution in [0.4, 0.5) is 0 Å². The van der Waals surface area contributed by atoms with E-state index in [1.54, 1.807) is 12.1 Å². The van der Waals surface area contributed by atoms with Crippen molar-refractivity contribution in [1.29, 1.82) is 0 Å². The van der Waals surface area contributed by atoms with Gasteiger partial charge in [0.05, 0.1) is 4.90 Å². The van der Waals surface area contributed by atoms with E-state index < -0.39 is 9.84 Å². The van der Waals surface area contributed by atoms with Crippen LogP contribution in [0.2, 0.25) is 0 Å². The van der Waals surface area contributed by atoms with E-state index in [4.69, 9.17) is 5.11 Å². The Kier molecular flexibility index (Phi) is 2.40. The quantitative estimate of drug-likeness (QED) is 0.828. The smallest absolute Gasteiger partial charge is 0.200 e. The van der Waals surface area contributed by atoms with E-state index in [1.165, 1.54) is 5.41 Å². The monoisotopic (exact) mass is 224 g/mol. The molecular weight excluding hydrogens is 212 g/mol. The average molecular weight is 224 g/mol. The Bertz CT molecular complexity index is 527. The van der Waals surface area contributed by atoms with Crippen molar-refractivity contribution in [2.45, 2.75) is 18.2 Å². The Morgan fingerprint density at radius 3 is 2.73 bits per heavy atom. The number of aliphatic hydroxyl groups is 1. The lowest BCUT2D eigenvalue weighted by atomic mass is 10.0. The zero-order valence-corrected chi connectivity index (χ0v) is 9.21. The second-order valence-electron chi connectivity index (χ2n) is 3.61. The summed E-state index contributed by atoms with van der Waals surface area (Å²) < 4.78 is 23.5. The number of hydrogen-bond acceptors (Lipinski definition) is 3. The summed E-state index contributed by atoms with van der Waals surface area (Å²) in [5.74, 6) is 0. The molecule has 0 atom stereocenters. The molecule has 1 aliphatic rings. The molecule has 1 aromatic carbocycles. The van der Waals surface area contributed by atoms with Gasteiger partial charge in [-0.05, 0) is 30.5 Å². The first-order chi connectivity index (χ1) is 7.06. The minimum atomic E-state index is -3.27. The van der Waals surface area contributed by atoms with Crippen molar-refractivity contribution in [1.82, 2.24) is 0 Å². The van der Waals surface area contributed by atoms with Gasteiger partial charge < -0.3 is 5.11 Å². The summed E-state index contributed by atoms with van der Waals surface area (Å²) >= 11 is 0. The molecule has 0 unspecified atom stereocenters. The predicted molar refractivity (Wildman–Crippen MR) is 58.0 cm³/mol. The molecule has 1 heterocycles. The van der Waals surface area contributed by atoms with Gasteiger partial charge >= 0.3 is 0 Å². The molecule has 0 aromatic heterocycles. The van der Waals surface area contributed by atoms with Gasteiger partial charge in [0.1, 0.15) is 0 Å². The zero-order chi connectivity index (χ0) is 11.1. The van der Waals surface area contributed by atoms with Gasteiger partial charge in [-0.2, -0.15) is 0 Å². The fraction of sp³-hybridized carbons (Fsp3) is 0.273. The lowest BCUT2D eigenvalue weighted by Gasteiger charge is -2.06. The van der Waals surface area contributed by atoms with E-state index in [2.05, 4.69) is 0 Å². The van der Waals surface area contributed by atoms with Gasteiger partial charge in [0, 0.05) is 17.6 Å². The van der Waals surface area contributed by atoms with E-state index in [1.807, 2.05) is 13.0 Å². The standard InChI is InChI=1S/C11H12O3S/c1-8-3-2-4-10-11(8)9(5-6-12)7-15(10,13)14/h2-4,7,12H,5-6H2,1H3. The molecular formula is C11H12O3S. The van der Waals surface area contributed by atoms with Crippen molar-refractivity contribution < 1.29 is 13.5 Å². The lowest BCUT2D eigenvalue weighted by molar-refractivity contribution is 0.305. The van der Waals surface area contributed by atoms with Crippen molar-refractivity contribution in [3.05, 3.63) is 34.7 Å². The molecule has 3 nitrogen and oxygen atoms in total. The van der Waals surface area contributed by atoms with E-state index in [9.17, 15) is 8.42 Å². The van der Waals surface area contributed by atoms with Crippen LogP contribution >= 0.6 is 0 Å². The summed E-state index contributed by atoms with van der Waals surface area (Å²) in [5, 5.41) is 10.1. The van der Waals surface area contributed by atoms with Gasteiger partial charge in [-0.1, -0.05) is 12.1 Å². The molecule has 0 bridgehead atoms. The van der Waals surface area contributed by atoms with E-state index in [-0.39, 0.29) is 6.61 Å². The highest BCUT2D eigenvalue weighted by atomic mass is 32.2.